The average molecular weight is 241 g/mol. The fourth-order valence-corrected chi connectivity index (χ4v) is 2.48. The van der Waals surface area contributed by atoms with Gasteiger partial charge in [-0.15, -0.1) is 0 Å². The lowest BCUT2D eigenvalue weighted by Crippen LogP contribution is -1.99. The van der Waals surface area contributed by atoms with Gasteiger partial charge in [-0.25, -0.2) is 4.98 Å². The van der Waals surface area contributed by atoms with Gasteiger partial charge in [0.25, 0.3) is 0 Å². The summed E-state index contributed by atoms with van der Waals surface area (Å²) in [4.78, 5) is 8.16. The van der Waals surface area contributed by atoms with E-state index in [0.29, 0.717) is 12.5 Å². The molecule has 1 saturated carbocycles. The third-order valence-corrected chi connectivity index (χ3v) is 3.62. The minimum Gasteiger partial charge on any atom is -0.341 e. The maximum absolute atomic E-state index is 5.80. The normalized spacial score (nSPS) is 15.1. The second-order valence-corrected chi connectivity index (χ2v) is 5.25. The van der Waals surface area contributed by atoms with Gasteiger partial charge in [-0.3, -0.25) is 0 Å². The summed E-state index contributed by atoms with van der Waals surface area (Å²) in [5.41, 5.74) is 11.8. The lowest BCUT2D eigenvalue weighted by molar-refractivity contribution is 0.944. The number of aromatic amines is 1. The molecule has 3 heteroatoms. The van der Waals surface area contributed by atoms with Crippen LogP contribution in [0.3, 0.4) is 0 Å². The quantitative estimate of drug-likeness (QED) is 0.867. The highest BCUT2D eigenvalue weighted by Gasteiger charge is 2.29. The van der Waals surface area contributed by atoms with Crippen LogP contribution < -0.4 is 5.73 Å². The highest BCUT2D eigenvalue weighted by Crippen LogP contribution is 2.41. The predicted molar refractivity (Wildman–Crippen MR) is 73.4 cm³/mol. The molecule has 3 N–H and O–H groups in total. The molecule has 0 saturated heterocycles. The molecule has 3 nitrogen and oxygen atoms in total. The van der Waals surface area contributed by atoms with E-state index in [1.165, 1.54) is 35.2 Å². The third-order valence-electron chi connectivity index (χ3n) is 3.62. The van der Waals surface area contributed by atoms with E-state index in [4.69, 9.17) is 10.7 Å². The molecule has 1 fully saturated rings. The zero-order valence-electron chi connectivity index (χ0n) is 11.0. The molecule has 1 heterocycles. The highest BCUT2D eigenvalue weighted by atomic mass is 15.0. The molecular formula is C15H19N3. The van der Waals surface area contributed by atoms with Crippen LogP contribution in [0.5, 0.6) is 0 Å². The average Bonchev–Trinajstić information content (AvgIpc) is 3.10. The van der Waals surface area contributed by atoms with Crippen molar-refractivity contribution in [1.82, 2.24) is 9.97 Å². The fourth-order valence-electron chi connectivity index (χ4n) is 2.48. The van der Waals surface area contributed by atoms with Crippen molar-refractivity contribution < 1.29 is 0 Å². The van der Waals surface area contributed by atoms with Gasteiger partial charge < -0.3 is 10.7 Å². The maximum atomic E-state index is 5.80. The number of hydrogen-bond acceptors (Lipinski definition) is 2. The predicted octanol–water partition coefficient (Wildman–Crippen LogP) is 3.03. The van der Waals surface area contributed by atoms with Crippen LogP contribution in [0.25, 0.3) is 11.4 Å². The number of aryl methyl sites for hydroxylation is 2. The van der Waals surface area contributed by atoms with E-state index >= 15 is 0 Å². The molecule has 0 bridgehead atoms. The number of nitrogens with two attached hydrogens (primary N) is 1. The summed E-state index contributed by atoms with van der Waals surface area (Å²) in [6.07, 6.45) is 2.51. The number of nitrogens with one attached hydrogen (secondary N) is 1. The van der Waals surface area contributed by atoms with E-state index in [9.17, 15) is 0 Å². The van der Waals surface area contributed by atoms with Crippen molar-refractivity contribution in [3.05, 3.63) is 40.7 Å². The zero-order valence-corrected chi connectivity index (χ0v) is 11.0. The summed E-state index contributed by atoms with van der Waals surface area (Å²) in [5, 5.41) is 0. The molecular weight excluding hydrogens is 222 g/mol. The molecule has 0 atom stereocenters. The summed E-state index contributed by atoms with van der Waals surface area (Å²) < 4.78 is 0. The third kappa shape index (κ3) is 1.95. The van der Waals surface area contributed by atoms with Crippen LogP contribution in [0.4, 0.5) is 0 Å². The van der Waals surface area contributed by atoms with Crippen LogP contribution in [0, 0.1) is 13.8 Å². The molecule has 1 aliphatic carbocycles. The maximum Gasteiger partial charge on any atom is 0.138 e. The van der Waals surface area contributed by atoms with E-state index in [-0.39, 0.29) is 0 Å². The molecule has 0 unspecified atom stereocenters. The van der Waals surface area contributed by atoms with Crippen molar-refractivity contribution in [3.63, 3.8) is 0 Å². The van der Waals surface area contributed by atoms with Gasteiger partial charge in [0, 0.05) is 18.0 Å². The molecule has 0 aliphatic heterocycles. The Bertz CT molecular complexity index is 579. The number of rotatable bonds is 3. The van der Waals surface area contributed by atoms with Crippen molar-refractivity contribution in [2.45, 2.75) is 39.2 Å². The van der Waals surface area contributed by atoms with Crippen molar-refractivity contribution in [1.29, 1.82) is 0 Å². The van der Waals surface area contributed by atoms with E-state index in [1.807, 2.05) is 0 Å². The van der Waals surface area contributed by atoms with Crippen molar-refractivity contribution >= 4 is 0 Å². The van der Waals surface area contributed by atoms with Crippen LogP contribution >= 0.6 is 0 Å². The Balaban J connectivity index is 2.05. The van der Waals surface area contributed by atoms with Gasteiger partial charge in [0.15, 0.2) is 0 Å². The standard InChI is InChI=1S/C15H19N3/c1-9-3-6-12(10(2)7-9)15-17-13(8-16)14(18-15)11-4-5-11/h3,6-7,11H,4-5,8,16H2,1-2H3,(H,17,18). The summed E-state index contributed by atoms with van der Waals surface area (Å²) in [6.45, 7) is 4.79. The van der Waals surface area contributed by atoms with Crippen molar-refractivity contribution in [2.24, 2.45) is 5.73 Å². The Morgan fingerprint density at radius 2 is 2.11 bits per heavy atom. The number of H-pyrrole nitrogens is 1. The fraction of sp³-hybridized carbons (Fsp3) is 0.400. The topological polar surface area (TPSA) is 54.7 Å². The largest absolute Gasteiger partial charge is 0.341 e. The monoisotopic (exact) mass is 241 g/mol. The minimum absolute atomic E-state index is 0.545. The molecule has 3 rings (SSSR count). The molecule has 18 heavy (non-hydrogen) atoms. The molecule has 94 valence electrons. The Labute approximate surface area is 107 Å². The lowest BCUT2D eigenvalue weighted by atomic mass is 10.1. The van der Waals surface area contributed by atoms with Gasteiger partial charge in [0.1, 0.15) is 5.82 Å². The number of nitrogens with zero attached hydrogens (tertiary/aromatic N) is 1. The second-order valence-electron chi connectivity index (χ2n) is 5.25. The summed E-state index contributed by atoms with van der Waals surface area (Å²) in [6, 6.07) is 6.46. The summed E-state index contributed by atoms with van der Waals surface area (Å²) in [7, 11) is 0. The molecule has 0 radical (unpaired) electrons. The second kappa shape index (κ2) is 4.25. The van der Waals surface area contributed by atoms with E-state index in [2.05, 4.69) is 37.0 Å². The molecule has 1 aromatic carbocycles. The number of benzene rings is 1. The summed E-state index contributed by atoms with van der Waals surface area (Å²) in [5.74, 6) is 1.61. The van der Waals surface area contributed by atoms with Crippen LogP contribution in [-0.2, 0) is 6.54 Å². The van der Waals surface area contributed by atoms with E-state index in [1.54, 1.807) is 0 Å². The first-order valence-electron chi connectivity index (χ1n) is 6.55. The number of aromatic nitrogens is 2. The van der Waals surface area contributed by atoms with Crippen LogP contribution in [-0.4, -0.2) is 9.97 Å². The van der Waals surface area contributed by atoms with Crippen LogP contribution in [0.1, 0.15) is 41.3 Å². The zero-order chi connectivity index (χ0) is 12.7. The molecule has 2 aromatic rings. The first-order valence-corrected chi connectivity index (χ1v) is 6.55. The highest BCUT2D eigenvalue weighted by molar-refractivity contribution is 5.61. The Morgan fingerprint density at radius 1 is 1.33 bits per heavy atom. The van der Waals surface area contributed by atoms with Gasteiger partial charge in [0.2, 0.25) is 0 Å². The van der Waals surface area contributed by atoms with Gasteiger partial charge >= 0.3 is 0 Å². The molecule has 1 aromatic heterocycles. The Kier molecular flexibility index (Phi) is 2.71. The van der Waals surface area contributed by atoms with Crippen molar-refractivity contribution in [2.75, 3.05) is 0 Å². The first kappa shape index (κ1) is 11.5. The Morgan fingerprint density at radius 3 is 2.72 bits per heavy atom. The number of imidazole rings is 1. The minimum atomic E-state index is 0.545. The first-order chi connectivity index (χ1) is 8.69. The van der Waals surface area contributed by atoms with Crippen molar-refractivity contribution in [3.8, 4) is 11.4 Å². The summed E-state index contributed by atoms with van der Waals surface area (Å²) >= 11 is 0. The van der Waals surface area contributed by atoms with Gasteiger partial charge in [-0.05, 0) is 32.3 Å². The Hall–Kier alpha value is -1.61. The number of hydrogen-bond donors (Lipinski definition) is 2. The molecule has 0 spiro atoms. The van der Waals surface area contributed by atoms with Gasteiger partial charge in [0.05, 0.1) is 11.4 Å². The van der Waals surface area contributed by atoms with Crippen LogP contribution in [0.2, 0.25) is 0 Å². The molecule has 1 aliphatic rings. The van der Waals surface area contributed by atoms with E-state index < -0.39 is 0 Å². The van der Waals surface area contributed by atoms with Gasteiger partial charge in [-0.2, -0.15) is 0 Å². The van der Waals surface area contributed by atoms with Gasteiger partial charge in [-0.1, -0.05) is 23.8 Å². The van der Waals surface area contributed by atoms with E-state index in [0.717, 1.165) is 11.5 Å². The SMILES string of the molecule is Cc1ccc(-c2nc(C3CC3)c(CN)[nH]2)c(C)c1. The van der Waals surface area contributed by atoms with Crippen LogP contribution in [0.15, 0.2) is 18.2 Å². The smallest absolute Gasteiger partial charge is 0.138 e. The lowest BCUT2D eigenvalue weighted by Gasteiger charge is -2.03. The molecule has 0 amide bonds.